The molecule has 10 nitrogen and oxygen atoms in total. The highest BCUT2D eigenvalue weighted by Gasteiger charge is 2.12. The molecule has 232 valence electrons. The van der Waals surface area contributed by atoms with Crippen molar-refractivity contribution in [2.75, 3.05) is 13.2 Å². The summed E-state index contributed by atoms with van der Waals surface area (Å²) in [6, 6.07) is 12.0. The Hall–Kier alpha value is -4.73. The largest absolute Gasteiger partial charge is 0.463 e. The molecule has 0 bridgehead atoms. The van der Waals surface area contributed by atoms with E-state index in [0.717, 1.165) is 12.2 Å². The maximum Gasteiger partial charge on any atom is 0.343 e. The van der Waals surface area contributed by atoms with Gasteiger partial charge >= 0.3 is 29.8 Å². The van der Waals surface area contributed by atoms with Crippen molar-refractivity contribution < 1.29 is 47.7 Å². The van der Waals surface area contributed by atoms with Crippen molar-refractivity contribution in [2.45, 2.75) is 65.2 Å². The highest BCUT2D eigenvalue weighted by molar-refractivity contribution is 5.91. The van der Waals surface area contributed by atoms with Crippen LogP contribution < -0.4 is 14.2 Å². The molecule has 0 aliphatic carbocycles. The van der Waals surface area contributed by atoms with Crippen molar-refractivity contribution >= 4 is 29.8 Å². The summed E-state index contributed by atoms with van der Waals surface area (Å²) in [4.78, 5) is 58.4. The average Bonchev–Trinajstić information content (AvgIpc) is 3.02. The van der Waals surface area contributed by atoms with E-state index >= 15 is 0 Å². The van der Waals surface area contributed by atoms with Gasteiger partial charge in [-0.15, -0.1) is 0 Å². The zero-order chi connectivity index (χ0) is 31.9. The summed E-state index contributed by atoms with van der Waals surface area (Å²) in [5.74, 6) is -1.48. The van der Waals surface area contributed by atoms with Crippen LogP contribution in [0, 0.1) is 0 Å². The summed E-state index contributed by atoms with van der Waals surface area (Å²) < 4.78 is 25.6. The van der Waals surface area contributed by atoms with E-state index in [1.807, 2.05) is 13.8 Å². The summed E-state index contributed by atoms with van der Waals surface area (Å²) >= 11 is 0. The molecule has 43 heavy (non-hydrogen) atoms. The number of carbonyl (C=O) groups excluding carboxylic acids is 5. The van der Waals surface area contributed by atoms with Crippen LogP contribution >= 0.6 is 0 Å². The van der Waals surface area contributed by atoms with E-state index in [2.05, 4.69) is 13.2 Å². The first-order chi connectivity index (χ1) is 20.8. The number of esters is 5. The van der Waals surface area contributed by atoms with Crippen LogP contribution in [-0.2, 0) is 28.7 Å². The molecule has 0 spiro atoms. The van der Waals surface area contributed by atoms with Crippen LogP contribution in [0.3, 0.4) is 0 Å². The SMILES string of the molecule is C=CC(=O)OCCCCCC(=O)Oc1ccc(OC(=O)c2ccc(OC(=O)CCCCCOC(=O)C=C)cc2)cc1.CC. The van der Waals surface area contributed by atoms with Gasteiger partial charge in [-0.2, -0.15) is 0 Å². The lowest BCUT2D eigenvalue weighted by Gasteiger charge is -2.08. The van der Waals surface area contributed by atoms with Crippen LogP contribution in [0.15, 0.2) is 73.8 Å². The van der Waals surface area contributed by atoms with Gasteiger partial charge in [-0.25, -0.2) is 14.4 Å². The third-order valence-corrected chi connectivity index (χ3v) is 5.46. The highest BCUT2D eigenvalue weighted by atomic mass is 16.5. The molecular formula is C33H40O10. The monoisotopic (exact) mass is 596 g/mol. The minimum absolute atomic E-state index is 0.208. The molecule has 0 N–H and O–H groups in total. The summed E-state index contributed by atoms with van der Waals surface area (Å²) in [7, 11) is 0. The molecule has 0 aliphatic rings. The molecule has 10 heteroatoms. The zero-order valence-electron chi connectivity index (χ0n) is 24.8. The van der Waals surface area contributed by atoms with Gasteiger partial charge in [0.05, 0.1) is 18.8 Å². The standard InChI is InChI=1S/C31H34O10.C2H6/c1-3-27(32)37-21-9-5-7-11-29(34)39-24-15-13-23(14-16-24)31(36)41-26-19-17-25(18-20-26)40-30(35)12-8-6-10-22-38-28(33)4-2;1-2/h3-4,13-20H,1-2,5-12,21-22H2;1-2H3. The van der Waals surface area contributed by atoms with Gasteiger partial charge in [0.25, 0.3) is 0 Å². The number of hydrogen-bond donors (Lipinski definition) is 0. The van der Waals surface area contributed by atoms with Gasteiger partial charge in [0, 0.05) is 25.0 Å². The number of ether oxygens (including phenoxy) is 5. The lowest BCUT2D eigenvalue weighted by molar-refractivity contribution is -0.138. The van der Waals surface area contributed by atoms with E-state index in [9.17, 15) is 24.0 Å². The van der Waals surface area contributed by atoms with Crippen LogP contribution in [0.4, 0.5) is 0 Å². The Morgan fingerprint density at radius 1 is 0.558 bits per heavy atom. The summed E-state index contributed by atoms with van der Waals surface area (Å²) in [6.45, 7) is 11.2. The van der Waals surface area contributed by atoms with E-state index in [1.54, 1.807) is 0 Å². The molecule has 2 aromatic carbocycles. The third-order valence-electron chi connectivity index (χ3n) is 5.46. The first kappa shape index (κ1) is 36.3. The molecular weight excluding hydrogens is 556 g/mol. The van der Waals surface area contributed by atoms with Gasteiger partial charge in [0.1, 0.15) is 17.2 Å². The fraction of sp³-hybridized carbons (Fsp3) is 0.364. The topological polar surface area (TPSA) is 132 Å². The number of benzene rings is 2. The minimum atomic E-state index is -0.608. The van der Waals surface area contributed by atoms with Gasteiger partial charge in [-0.05, 0) is 87.1 Å². The van der Waals surface area contributed by atoms with Gasteiger partial charge in [0.2, 0.25) is 0 Å². The Balaban J connectivity index is 0.00000452. The van der Waals surface area contributed by atoms with E-state index in [0.29, 0.717) is 50.0 Å². The van der Waals surface area contributed by atoms with Crippen molar-refractivity contribution in [1.29, 1.82) is 0 Å². The van der Waals surface area contributed by atoms with Crippen molar-refractivity contribution in [3.05, 3.63) is 79.4 Å². The van der Waals surface area contributed by atoms with Crippen LogP contribution in [0.5, 0.6) is 17.2 Å². The Morgan fingerprint density at radius 2 is 0.930 bits per heavy atom. The number of carbonyl (C=O) groups is 5. The van der Waals surface area contributed by atoms with Crippen LogP contribution in [0.25, 0.3) is 0 Å². The average molecular weight is 597 g/mol. The van der Waals surface area contributed by atoms with E-state index in [-0.39, 0.29) is 37.4 Å². The second-order valence-corrected chi connectivity index (χ2v) is 8.70. The Labute approximate surface area is 252 Å². The highest BCUT2D eigenvalue weighted by Crippen LogP contribution is 2.21. The van der Waals surface area contributed by atoms with Gasteiger partial charge in [0.15, 0.2) is 0 Å². The van der Waals surface area contributed by atoms with Crippen LogP contribution in [0.2, 0.25) is 0 Å². The summed E-state index contributed by atoms with van der Waals surface area (Å²) in [6.07, 6.45) is 6.48. The quantitative estimate of drug-likeness (QED) is 0.0833. The molecule has 0 saturated carbocycles. The number of rotatable bonds is 18. The second-order valence-electron chi connectivity index (χ2n) is 8.70. The first-order valence-electron chi connectivity index (χ1n) is 14.2. The molecule has 0 amide bonds. The van der Waals surface area contributed by atoms with Crippen molar-refractivity contribution in [1.82, 2.24) is 0 Å². The van der Waals surface area contributed by atoms with Crippen molar-refractivity contribution in [2.24, 2.45) is 0 Å². The predicted molar refractivity (Wildman–Crippen MR) is 160 cm³/mol. The van der Waals surface area contributed by atoms with Crippen LogP contribution in [0.1, 0.15) is 75.6 Å². The molecule has 2 rings (SSSR count). The first-order valence-corrected chi connectivity index (χ1v) is 14.2. The van der Waals surface area contributed by atoms with Crippen LogP contribution in [-0.4, -0.2) is 43.1 Å². The molecule has 0 aromatic heterocycles. The molecule has 0 saturated heterocycles. The molecule has 0 aliphatic heterocycles. The summed E-state index contributed by atoms with van der Waals surface area (Å²) in [5, 5.41) is 0. The van der Waals surface area contributed by atoms with Gasteiger partial charge in [-0.1, -0.05) is 27.0 Å². The molecule has 0 heterocycles. The Morgan fingerprint density at radius 3 is 1.33 bits per heavy atom. The lowest BCUT2D eigenvalue weighted by atomic mass is 10.2. The second kappa shape index (κ2) is 21.9. The fourth-order valence-electron chi connectivity index (χ4n) is 3.33. The summed E-state index contributed by atoms with van der Waals surface area (Å²) in [5.41, 5.74) is 0.258. The zero-order valence-corrected chi connectivity index (χ0v) is 24.8. The maximum absolute atomic E-state index is 12.5. The maximum atomic E-state index is 12.5. The molecule has 0 unspecified atom stereocenters. The molecule has 0 fully saturated rings. The fourth-order valence-corrected chi connectivity index (χ4v) is 3.33. The van der Waals surface area contributed by atoms with E-state index in [4.69, 9.17) is 23.7 Å². The van der Waals surface area contributed by atoms with E-state index < -0.39 is 29.8 Å². The van der Waals surface area contributed by atoms with Crippen molar-refractivity contribution in [3.63, 3.8) is 0 Å². The lowest BCUT2D eigenvalue weighted by Crippen LogP contribution is -2.10. The third kappa shape index (κ3) is 16.3. The predicted octanol–water partition coefficient (Wildman–Crippen LogP) is 6.32. The van der Waals surface area contributed by atoms with E-state index in [1.165, 1.54) is 48.5 Å². The Kier molecular flexibility index (Phi) is 18.5. The number of unbranched alkanes of at least 4 members (excludes halogenated alkanes) is 4. The minimum Gasteiger partial charge on any atom is -0.463 e. The smallest absolute Gasteiger partial charge is 0.343 e. The van der Waals surface area contributed by atoms with Crippen molar-refractivity contribution in [3.8, 4) is 17.2 Å². The van der Waals surface area contributed by atoms with Gasteiger partial charge in [-0.3, -0.25) is 9.59 Å². The molecule has 2 aromatic rings. The normalized spacial score (nSPS) is 9.81. The Bertz CT molecular complexity index is 1180. The molecule has 0 radical (unpaired) electrons. The molecule has 0 atom stereocenters. The number of hydrogen-bond acceptors (Lipinski definition) is 10. The van der Waals surface area contributed by atoms with Gasteiger partial charge < -0.3 is 23.7 Å².